The van der Waals surface area contributed by atoms with Gasteiger partial charge in [0, 0.05) is 6.54 Å². The second-order valence-electron chi connectivity index (χ2n) is 4.11. The standard InChI is InChI=1S/C10H17NO3/c12-7-8-3-2-6-11(8)10(13)14-9-4-1-5-9/h8-9,12H,1-7H2. The molecule has 0 spiro atoms. The van der Waals surface area contributed by atoms with E-state index >= 15 is 0 Å². The zero-order valence-electron chi connectivity index (χ0n) is 8.32. The molecular formula is C10H17NO3. The van der Waals surface area contributed by atoms with E-state index < -0.39 is 0 Å². The van der Waals surface area contributed by atoms with Gasteiger partial charge < -0.3 is 14.7 Å². The molecule has 1 amide bonds. The highest BCUT2D eigenvalue weighted by Crippen LogP contribution is 2.25. The van der Waals surface area contributed by atoms with Crippen LogP contribution in [0, 0.1) is 0 Å². The lowest BCUT2D eigenvalue weighted by molar-refractivity contribution is 0.0198. The number of carbonyl (C=O) groups excluding carboxylic acids is 1. The Bertz CT molecular complexity index is 215. The van der Waals surface area contributed by atoms with Gasteiger partial charge in [-0.05, 0) is 32.1 Å². The predicted molar refractivity (Wildman–Crippen MR) is 50.9 cm³/mol. The minimum absolute atomic E-state index is 0.0115. The summed E-state index contributed by atoms with van der Waals surface area (Å²) >= 11 is 0. The molecule has 0 radical (unpaired) electrons. The number of nitrogens with zero attached hydrogens (tertiary/aromatic N) is 1. The number of hydrogen-bond donors (Lipinski definition) is 1. The lowest BCUT2D eigenvalue weighted by Gasteiger charge is -2.29. The Morgan fingerprint density at radius 3 is 2.71 bits per heavy atom. The molecule has 1 atom stereocenters. The highest BCUT2D eigenvalue weighted by atomic mass is 16.6. The van der Waals surface area contributed by atoms with Crippen LogP contribution < -0.4 is 0 Å². The van der Waals surface area contributed by atoms with Crippen molar-refractivity contribution in [3.63, 3.8) is 0 Å². The van der Waals surface area contributed by atoms with E-state index in [0.29, 0.717) is 0 Å². The van der Waals surface area contributed by atoms with Crippen molar-refractivity contribution in [1.29, 1.82) is 0 Å². The quantitative estimate of drug-likeness (QED) is 0.725. The van der Waals surface area contributed by atoms with E-state index in [1.165, 1.54) is 6.42 Å². The van der Waals surface area contributed by atoms with Crippen LogP contribution >= 0.6 is 0 Å². The molecule has 1 unspecified atom stereocenters. The number of ether oxygens (including phenoxy) is 1. The van der Waals surface area contributed by atoms with Crippen LogP contribution in [0.5, 0.6) is 0 Å². The first-order valence-corrected chi connectivity index (χ1v) is 5.39. The third kappa shape index (κ3) is 1.85. The number of amides is 1. The minimum atomic E-state index is -0.230. The van der Waals surface area contributed by atoms with Gasteiger partial charge in [0.05, 0.1) is 12.6 Å². The molecule has 4 nitrogen and oxygen atoms in total. The molecule has 1 aliphatic heterocycles. The maximum absolute atomic E-state index is 11.6. The fourth-order valence-corrected chi connectivity index (χ4v) is 1.96. The van der Waals surface area contributed by atoms with Crippen molar-refractivity contribution in [2.24, 2.45) is 0 Å². The molecule has 1 aliphatic carbocycles. The third-order valence-electron chi connectivity index (χ3n) is 3.14. The van der Waals surface area contributed by atoms with Crippen LogP contribution in [0.3, 0.4) is 0 Å². The Kier molecular flexibility index (Phi) is 2.91. The monoisotopic (exact) mass is 199 g/mol. The first kappa shape index (κ1) is 9.77. The van der Waals surface area contributed by atoms with Gasteiger partial charge >= 0.3 is 6.09 Å². The Hall–Kier alpha value is -0.770. The van der Waals surface area contributed by atoms with Crippen molar-refractivity contribution in [3.8, 4) is 0 Å². The smallest absolute Gasteiger partial charge is 0.410 e. The van der Waals surface area contributed by atoms with Gasteiger partial charge in [0.1, 0.15) is 6.10 Å². The van der Waals surface area contributed by atoms with Gasteiger partial charge in [0.25, 0.3) is 0 Å². The molecule has 0 aromatic heterocycles. The van der Waals surface area contributed by atoms with E-state index in [9.17, 15) is 4.79 Å². The van der Waals surface area contributed by atoms with Gasteiger partial charge in [-0.2, -0.15) is 0 Å². The zero-order valence-corrected chi connectivity index (χ0v) is 8.32. The molecule has 2 fully saturated rings. The second kappa shape index (κ2) is 4.17. The van der Waals surface area contributed by atoms with Crippen molar-refractivity contribution in [2.75, 3.05) is 13.2 Å². The number of carbonyl (C=O) groups is 1. The molecule has 0 aromatic carbocycles. The van der Waals surface area contributed by atoms with Crippen LogP contribution in [0.4, 0.5) is 4.79 Å². The van der Waals surface area contributed by atoms with Crippen molar-refractivity contribution in [3.05, 3.63) is 0 Å². The summed E-state index contributed by atoms with van der Waals surface area (Å²) in [5.41, 5.74) is 0. The summed E-state index contributed by atoms with van der Waals surface area (Å²) in [6.45, 7) is 0.788. The summed E-state index contributed by atoms with van der Waals surface area (Å²) in [6.07, 6.45) is 4.96. The van der Waals surface area contributed by atoms with Crippen molar-refractivity contribution in [1.82, 2.24) is 4.90 Å². The fraction of sp³-hybridized carbons (Fsp3) is 0.900. The number of aliphatic hydroxyl groups excluding tert-OH is 1. The summed E-state index contributed by atoms with van der Waals surface area (Å²) in [7, 11) is 0. The molecule has 14 heavy (non-hydrogen) atoms. The Labute approximate surface area is 83.8 Å². The average Bonchev–Trinajstić information content (AvgIpc) is 2.58. The van der Waals surface area contributed by atoms with Crippen molar-refractivity contribution >= 4 is 6.09 Å². The van der Waals surface area contributed by atoms with Crippen LogP contribution in [-0.2, 0) is 4.74 Å². The summed E-state index contributed by atoms with van der Waals surface area (Å²) < 4.78 is 5.28. The first-order chi connectivity index (χ1) is 6.81. The normalized spacial score (nSPS) is 27.5. The van der Waals surface area contributed by atoms with E-state index in [2.05, 4.69) is 0 Å². The van der Waals surface area contributed by atoms with Gasteiger partial charge in [-0.3, -0.25) is 0 Å². The Balaban J connectivity index is 1.83. The SMILES string of the molecule is O=C(OC1CCC1)N1CCCC1CO. The number of rotatable bonds is 2. The largest absolute Gasteiger partial charge is 0.446 e. The Morgan fingerprint density at radius 1 is 1.36 bits per heavy atom. The molecule has 1 saturated carbocycles. The molecule has 0 aromatic rings. The highest BCUT2D eigenvalue weighted by Gasteiger charge is 2.31. The van der Waals surface area contributed by atoms with Crippen LogP contribution in [0.1, 0.15) is 32.1 Å². The molecule has 1 N–H and O–H groups in total. The van der Waals surface area contributed by atoms with Crippen LogP contribution in [-0.4, -0.2) is 41.4 Å². The van der Waals surface area contributed by atoms with E-state index in [1.54, 1.807) is 4.90 Å². The van der Waals surface area contributed by atoms with Gasteiger partial charge in [-0.25, -0.2) is 4.79 Å². The van der Waals surface area contributed by atoms with E-state index in [0.717, 1.165) is 32.2 Å². The second-order valence-corrected chi connectivity index (χ2v) is 4.11. The van der Waals surface area contributed by atoms with Crippen LogP contribution in [0.25, 0.3) is 0 Å². The zero-order chi connectivity index (χ0) is 9.97. The van der Waals surface area contributed by atoms with Crippen LogP contribution in [0.15, 0.2) is 0 Å². The summed E-state index contributed by atoms with van der Waals surface area (Å²) in [5, 5.41) is 9.04. The predicted octanol–water partition coefficient (Wildman–Crippen LogP) is 1.13. The van der Waals surface area contributed by atoms with Crippen molar-refractivity contribution < 1.29 is 14.6 Å². The van der Waals surface area contributed by atoms with Gasteiger partial charge in [-0.15, -0.1) is 0 Å². The fourth-order valence-electron chi connectivity index (χ4n) is 1.96. The maximum atomic E-state index is 11.6. The number of aliphatic hydroxyl groups is 1. The molecule has 2 rings (SSSR count). The number of likely N-dealkylation sites (tertiary alicyclic amines) is 1. The topological polar surface area (TPSA) is 49.8 Å². The molecule has 1 heterocycles. The van der Waals surface area contributed by atoms with E-state index in [1.807, 2.05) is 0 Å². The summed E-state index contributed by atoms with van der Waals surface area (Å²) in [6, 6.07) is -0.0115. The third-order valence-corrected chi connectivity index (χ3v) is 3.14. The molecule has 2 aliphatic rings. The molecule has 0 bridgehead atoms. The van der Waals surface area contributed by atoms with Crippen molar-refractivity contribution in [2.45, 2.75) is 44.2 Å². The summed E-state index contributed by atoms with van der Waals surface area (Å²) in [4.78, 5) is 13.3. The summed E-state index contributed by atoms with van der Waals surface area (Å²) in [5.74, 6) is 0. The Morgan fingerprint density at radius 2 is 2.14 bits per heavy atom. The average molecular weight is 199 g/mol. The number of hydrogen-bond acceptors (Lipinski definition) is 3. The van der Waals surface area contributed by atoms with Gasteiger partial charge in [0.2, 0.25) is 0 Å². The molecular weight excluding hydrogens is 182 g/mol. The lowest BCUT2D eigenvalue weighted by Crippen LogP contribution is -2.40. The lowest BCUT2D eigenvalue weighted by atomic mass is 9.96. The van der Waals surface area contributed by atoms with Gasteiger partial charge in [0.15, 0.2) is 0 Å². The van der Waals surface area contributed by atoms with E-state index in [4.69, 9.17) is 9.84 Å². The maximum Gasteiger partial charge on any atom is 0.410 e. The molecule has 4 heteroatoms. The molecule has 1 saturated heterocycles. The van der Waals surface area contributed by atoms with Crippen LogP contribution in [0.2, 0.25) is 0 Å². The highest BCUT2D eigenvalue weighted by molar-refractivity contribution is 5.68. The first-order valence-electron chi connectivity index (χ1n) is 5.39. The van der Waals surface area contributed by atoms with Gasteiger partial charge in [-0.1, -0.05) is 0 Å². The molecule has 80 valence electrons. The van der Waals surface area contributed by atoms with E-state index in [-0.39, 0.29) is 24.8 Å². The minimum Gasteiger partial charge on any atom is -0.446 e.